The second-order valence-corrected chi connectivity index (χ2v) is 6.32. The van der Waals surface area contributed by atoms with Gasteiger partial charge in [-0.25, -0.2) is 9.97 Å². The lowest BCUT2D eigenvalue weighted by molar-refractivity contribution is -0.0191. The van der Waals surface area contributed by atoms with E-state index < -0.39 is 0 Å². The van der Waals surface area contributed by atoms with Gasteiger partial charge in [-0.3, -0.25) is 0 Å². The summed E-state index contributed by atoms with van der Waals surface area (Å²) in [6.07, 6.45) is -0.139. The van der Waals surface area contributed by atoms with Gasteiger partial charge in [0.05, 0.1) is 0 Å². The maximum Gasteiger partial charge on any atom is 0.160 e. The molecule has 0 radical (unpaired) electrons. The number of nitrogens with zero attached hydrogens (tertiary/aromatic N) is 2. The summed E-state index contributed by atoms with van der Waals surface area (Å²) < 4.78 is 5.82. The highest BCUT2D eigenvalue weighted by atomic mass is 16.5. The highest BCUT2D eigenvalue weighted by molar-refractivity contribution is 5.44. The van der Waals surface area contributed by atoms with Crippen LogP contribution in [0, 0.1) is 12.3 Å². The lowest BCUT2D eigenvalue weighted by Gasteiger charge is -2.29. The molecule has 1 aromatic rings. The molecule has 4 nitrogen and oxygen atoms in total. The van der Waals surface area contributed by atoms with Gasteiger partial charge in [0.1, 0.15) is 11.9 Å². The van der Waals surface area contributed by atoms with Crippen molar-refractivity contribution in [1.29, 1.82) is 0 Å². The molecule has 0 saturated heterocycles. The minimum absolute atomic E-state index is 0.0613. The van der Waals surface area contributed by atoms with Gasteiger partial charge in [0, 0.05) is 17.9 Å². The number of hydrogen-bond acceptors (Lipinski definition) is 4. The summed E-state index contributed by atoms with van der Waals surface area (Å²) in [4.78, 5) is 9.11. The maximum absolute atomic E-state index is 6.09. The van der Waals surface area contributed by atoms with E-state index in [9.17, 15) is 0 Å². The number of rotatable bonds is 4. The fourth-order valence-corrected chi connectivity index (χ4v) is 2.34. The molecule has 1 unspecified atom stereocenters. The van der Waals surface area contributed by atoms with Crippen LogP contribution in [0.2, 0.25) is 0 Å². The first-order valence-electron chi connectivity index (χ1n) is 6.94. The van der Waals surface area contributed by atoms with Crippen molar-refractivity contribution in [3.05, 3.63) is 17.1 Å². The number of nitrogens with two attached hydrogens (primary N) is 1. The van der Waals surface area contributed by atoms with Crippen LogP contribution in [-0.2, 0) is 4.74 Å². The molecule has 1 aromatic heterocycles. The SMILES string of the molecule is CCOC(c1nc(C)c(C(C)C)c(N)n1)C(C)(C)C. The molecule has 0 amide bonds. The fraction of sp³-hybridized carbons (Fsp3) is 0.733. The third-order valence-corrected chi connectivity index (χ3v) is 3.11. The standard InChI is InChI=1S/C15H27N3O/c1-8-19-12(15(5,6)7)14-17-10(4)11(9(2)3)13(16)18-14/h9,12H,8H2,1-7H3,(H2,16,17,18). The Hall–Kier alpha value is -1.16. The highest BCUT2D eigenvalue weighted by Crippen LogP contribution is 2.35. The first-order valence-corrected chi connectivity index (χ1v) is 6.94. The van der Waals surface area contributed by atoms with Crippen LogP contribution in [-0.4, -0.2) is 16.6 Å². The second kappa shape index (κ2) is 5.87. The van der Waals surface area contributed by atoms with E-state index in [4.69, 9.17) is 10.5 Å². The molecular formula is C15H27N3O. The van der Waals surface area contributed by atoms with Crippen LogP contribution in [0.5, 0.6) is 0 Å². The minimum Gasteiger partial charge on any atom is -0.383 e. The predicted octanol–water partition coefficient (Wildman–Crippen LogP) is 3.61. The lowest BCUT2D eigenvalue weighted by Crippen LogP contribution is -2.25. The number of nitrogen functional groups attached to an aromatic ring is 1. The molecule has 1 atom stereocenters. The molecule has 0 fully saturated rings. The topological polar surface area (TPSA) is 61.0 Å². The molecule has 0 aliphatic carbocycles. The van der Waals surface area contributed by atoms with Crippen molar-refractivity contribution in [2.24, 2.45) is 5.41 Å². The third-order valence-electron chi connectivity index (χ3n) is 3.11. The van der Waals surface area contributed by atoms with E-state index >= 15 is 0 Å². The van der Waals surface area contributed by atoms with Crippen molar-refractivity contribution in [2.75, 3.05) is 12.3 Å². The number of anilines is 1. The Bertz CT molecular complexity index is 413. The summed E-state index contributed by atoms with van der Waals surface area (Å²) in [7, 11) is 0. The van der Waals surface area contributed by atoms with Crippen molar-refractivity contribution < 1.29 is 4.74 Å². The molecule has 19 heavy (non-hydrogen) atoms. The molecule has 0 aliphatic heterocycles. The molecule has 1 rings (SSSR count). The molecule has 2 N–H and O–H groups in total. The van der Waals surface area contributed by atoms with E-state index in [2.05, 4.69) is 44.6 Å². The molecule has 0 aromatic carbocycles. The van der Waals surface area contributed by atoms with E-state index in [-0.39, 0.29) is 11.5 Å². The van der Waals surface area contributed by atoms with Crippen molar-refractivity contribution in [2.45, 2.75) is 60.5 Å². The summed E-state index contributed by atoms with van der Waals surface area (Å²) in [6.45, 7) is 15.2. The number of hydrogen-bond donors (Lipinski definition) is 1. The first kappa shape index (κ1) is 15.9. The van der Waals surface area contributed by atoms with E-state index in [0.29, 0.717) is 24.2 Å². The minimum atomic E-state index is -0.139. The van der Waals surface area contributed by atoms with Gasteiger partial charge in [0.15, 0.2) is 5.82 Å². The normalized spacial score (nSPS) is 13.9. The largest absolute Gasteiger partial charge is 0.383 e. The van der Waals surface area contributed by atoms with Crippen LogP contribution >= 0.6 is 0 Å². The number of aryl methyl sites for hydroxylation is 1. The quantitative estimate of drug-likeness (QED) is 0.903. The Morgan fingerprint density at radius 3 is 2.16 bits per heavy atom. The van der Waals surface area contributed by atoms with Crippen molar-refractivity contribution >= 4 is 5.82 Å². The van der Waals surface area contributed by atoms with Crippen molar-refractivity contribution in [3.8, 4) is 0 Å². The van der Waals surface area contributed by atoms with E-state index in [1.165, 1.54) is 0 Å². The molecular weight excluding hydrogens is 238 g/mol. The Morgan fingerprint density at radius 2 is 1.79 bits per heavy atom. The van der Waals surface area contributed by atoms with Crippen LogP contribution in [0.15, 0.2) is 0 Å². The summed E-state index contributed by atoms with van der Waals surface area (Å²) >= 11 is 0. The van der Waals surface area contributed by atoms with Crippen LogP contribution in [0.3, 0.4) is 0 Å². The van der Waals surface area contributed by atoms with Gasteiger partial charge >= 0.3 is 0 Å². The van der Waals surface area contributed by atoms with Gasteiger partial charge in [-0.05, 0) is 25.2 Å². The Morgan fingerprint density at radius 1 is 1.21 bits per heavy atom. The first-order chi connectivity index (χ1) is 8.68. The molecule has 0 spiro atoms. The Labute approximate surface area is 116 Å². The average Bonchev–Trinajstić information content (AvgIpc) is 2.22. The van der Waals surface area contributed by atoms with E-state index in [1.807, 2.05) is 13.8 Å². The van der Waals surface area contributed by atoms with E-state index in [0.717, 1.165) is 11.3 Å². The zero-order valence-corrected chi connectivity index (χ0v) is 13.2. The van der Waals surface area contributed by atoms with Crippen LogP contribution in [0.4, 0.5) is 5.82 Å². The molecule has 108 valence electrons. The van der Waals surface area contributed by atoms with Gasteiger partial charge in [0.25, 0.3) is 0 Å². The van der Waals surface area contributed by atoms with Gasteiger partial charge in [-0.2, -0.15) is 0 Å². The highest BCUT2D eigenvalue weighted by Gasteiger charge is 2.30. The summed E-state index contributed by atoms with van der Waals surface area (Å²) in [6, 6.07) is 0. The van der Waals surface area contributed by atoms with Gasteiger partial charge in [0.2, 0.25) is 0 Å². The zero-order chi connectivity index (χ0) is 14.8. The average molecular weight is 265 g/mol. The monoisotopic (exact) mass is 265 g/mol. The second-order valence-electron chi connectivity index (χ2n) is 6.32. The number of ether oxygens (including phenoxy) is 1. The zero-order valence-electron chi connectivity index (χ0n) is 13.2. The summed E-state index contributed by atoms with van der Waals surface area (Å²) in [5.41, 5.74) is 8.02. The molecule has 4 heteroatoms. The Kier molecular flexibility index (Phi) is 4.91. The van der Waals surface area contributed by atoms with E-state index in [1.54, 1.807) is 0 Å². The van der Waals surface area contributed by atoms with Gasteiger partial charge in [-0.15, -0.1) is 0 Å². The lowest BCUT2D eigenvalue weighted by atomic mass is 9.88. The third kappa shape index (κ3) is 3.66. The van der Waals surface area contributed by atoms with Crippen molar-refractivity contribution in [3.63, 3.8) is 0 Å². The smallest absolute Gasteiger partial charge is 0.160 e. The fourth-order valence-electron chi connectivity index (χ4n) is 2.34. The number of aromatic nitrogens is 2. The summed E-state index contributed by atoms with van der Waals surface area (Å²) in [5.74, 6) is 1.59. The van der Waals surface area contributed by atoms with Gasteiger partial charge < -0.3 is 10.5 Å². The van der Waals surface area contributed by atoms with Gasteiger partial charge in [-0.1, -0.05) is 34.6 Å². The predicted molar refractivity (Wildman–Crippen MR) is 79.1 cm³/mol. The molecule has 0 aliphatic rings. The van der Waals surface area contributed by atoms with Crippen LogP contribution < -0.4 is 5.73 Å². The molecule has 0 saturated carbocycles. The van der Waals surface area contributed by atoms with Crippen molar-refractivity contribution in [1.82, 2.24) is 9.97 Å². The summed E-state index contributed by atoms with van der Waals surface area (Å²) in [5, 5.41) is 0. The molecule has 1 heterocycles. The van der Waals surface area contributed by atoms with Crippen LogP contribution in [0.1, 0.15) is 70.6 Å². The Balaban J connectivity index is 3.27. The van der Waals surface area contributed by atoms with Crippen LogP contribution in [0.25, 0.3) is 0 Å². The maximum atomic E-state index is 6.09. The molecule has 0 bridgehead atoms.